The molecule has 0 unspecified atom stereocenters. The van der Waals surface area contributed by atoms with Crippen molar-refractivity contribution in [3.05, 3.63) is 35.7 Å². The van der Waals surface area contributed by atoms with E-state index in [1.165, 1.54) is 12.1 Å². The highest BCUT2D eigenvalue weighted by Crippen LogP contribution is 2.40. The van der Waals surface area contributed by atoms with Crippen molar-refractivity contribution in [1.82, 2.24) is 24.4 Å². The maximum atomic E-state index is 13.9. The molecular weight excluding hydrogens is 485 g/mol. The number of benzene rings is 1. The Morgan fingerprint density at radius 2 is 1.80 bits per heavy atom. The van der Waals surface area contributed by atoms with Gasteiger partial charge in [0.25, 0.3) is 0 Å². The molecule has 12 heteroatoms. The molecule has 2 aromatic heterocycles. The van der Waals surface area contributed by atoms with Crippen LogP contribution in [0.15, 0.2) is 24.3 Å². The number of piperazine rings is 1. The van der Waals surface area contributed by atoms with Gasteiger partial charge < -0.3 is 19.1 Å². The second-order valence-electron chi connectivity index (χ2n) is 8.63. The third-order valence-electron chi connectivity index (χ3n) is 6.40. The number of carbonyl (C=O) groups is 1. The Bertz CT molecular complexity index is 1230. The van der Waals surface area contributed by atoms with Gasteiger partial charge in [0.2, 0.25) is 5.91 Å². The number of aromatic nitrogens is 4. The molecule has 4 heterocycles. The van der Waals surface area contributed by atoms with Crippen molar-refractivity contribution in [2.45, 2.75) is 32.5 Å². The standard InChI is InChI=1S/C23H25F3N6O2.ClH/c1-14-27-21(31-10-8-30(9-11-31)15(2)33)19-22(28-14)32(16-7-12-34-13-16)20(29-19)17-5-3-4-6-18(17)23(24,25)26;/h3-6,16H,7-13H2,1-2H3;1H/t16-;/m1./s1. The van der Waals surface area contributed by atoms with E-state index >= 15 is 0 Å². The fourth-order valence-electron chi connectivity index (χ4n) is 4.71. The predicted octanol–water partition coefficient (Wildman–Crippen LogP) is 3.87. The lowest BCUT2D eigenvalue weighted by atomic mass is 10.1. The minimum Gasteiger partial charge on any atom is -0.379 e. The lowest BCUT2D eigenvalue weighted by Crippen LogP contribution is -2.48. The van der Waals surface area contributed by atoms with Crippen molar-refractivity contribution in [2.75, 3.05) is 44.3 Å². The molecule has 0 saturated carbocycles. The van der Waals surface area contributed by atoms with Gasteiger partial charge in [0.15, 0.2) is 17.0 Å². The van der Waals surface area contributed by atoms with Gasteiger partial charge in [-0.1, -0.05) is 18.2 Å². The Kier molecular flexibility index (Phi) is 6.92. The monoisotopic (exact) mass is 510 g/mol. The molecule has 5 rings (SSSR count). The Hall–Kier alpha value is -2.92. The van der Waals surface area contributed by atoms with Crippen molar-refractivity contribution in [3.63, 3.8) is 0 Å². The summed E-state index contributed by atoms with van der Waals surface area (Å²) in [6, 6.07) is 5.29. The molecule has 0 spiro atoms. The van der Waals surface area contributed by atoms with Crippen LogP contribution >= 0.6 is 12.4 Å². The maximum absolute atomic E-state index is 13.9. The Morgan fingerprint density at radius 1 is 1.09 bits per heavy atom. The van der Waals surface area contributed by atoms with E-state index in [4.69, 9.17) is 9.72 Å². The van der Waals surface area contributed by atoms with Gasteiger partial charge in [-0.3, -0.25) is 4.79 Å². The fourth-order valence-corrected chi connectivity index (χ4v) is 4.71. The number of hydrogen-bond donors (Lipinski definition) is 0. The van der Waals surface area contributed by atoms with E-state index in [9.17, 15) is 18.0 Å². The minimum atomic E-state index is -4.53. The number of alkyl halides is 3. The smallest absolute Gasteiger partial charge is 0.379 e. The summed E-state index contributed by atoms with van der Waals surface area (Å²) in [6.07, 6.45) is -3.87. The van der Waals surface area contributed by atoms with E-state index in [0.717, 1.165) is 6.07 Å². The van der Waals surface area contributed by atoms with Crippen LogP contribution in [0.5, 0.6) is 0 Å². The molecular formula is C23H26ClF3N6O2. The first-order chi connectivity index (χ1) is 16.2. The van der Waals surface area contributed by atoms with Crippen LogP contribution in [0, 0.1) is 6.92 Å². The summed E-state index contributed by atoms with van der Waals surface area (Å²) in [4.78, 5) is 29.5. The summed E-state index contributed by atoms with van der Waals surface area (Å²) in [5, 5.41) is 0. The van der Waals surface area contributed by atoms with Crippen molar-refractivity contribution >= 4 is 35.3 Å². The zero-order chi connectivity index (χ0) is 24.0. The van der Waals surface area contributed by atoms with Gasteiger partial charge >= 0.3 is 6.18 Å². The second kappa shape index (κ2) is 9.62. The summed E-state index contributed by atoms with van der Waals surface area (Å²) in [7, 11) is 0. The first-order valence-corrected chi connectivity index (χ1v) is 11.3. The first kappa shape index (κ1) is 25.2. The highest BCUT2D eigenvalue weighted by atomic mass is 35.5. The quantitative estimate of drug-likeness (QED) is 0.532. The van der Waals surface area contributed by atoms with Crippen molar-refractivity contribution in [1.29, 1.82) is 0 Å². The number of rotatable bonds is 3. The first-order valence-electron chi connectivity index (χ1n) is 11.3. The maximum Gasteiger partial charge on any atom is 0.417 e. The van der Waals surface area contributed by atoms with Gasteiger partial charge in [0.1, 0.15) is 11.6 Å². The van der Waals surface area contributed by atoms with Crippen LogP contribution in [0.4, 0.5) is 19.0 Å². The molecule has 2 saturated heterocycles. The number of imidazole rings is 1. The second-order valence-corrected chi connectivity index (χ2v) is 8.63. The molecule has 0 bridgehead atoms. The zero-order valence-electron chi connectivity index (χ0n) is 19.4. The third-order valence-corrected chi connectivity index (χ3v) is 6.40. The van der Waals surface area contributed by atoms with E-state index in [1.54, 1.807) is 29.4 Å². The molecule has 35 heavy (non-hydrogen) atoms. The molecule has 3 aromatic rings. The molecule has 8 nitrogen and oxygen atoms in total. The number of carbonyl (C=O) groups excluding carboxylic acids is 1. The molecule has 0 N–H and O–H groups in total. The summed E-state index contributed by atoms with van der Waals surface area (Å²) >= 11 is 0. The van der Waals surface area contributed by atoms with E-state index in [2.05, 4.69) is 9.97 Å². The van der Waals surface area contributed by atoms with Gasteiger partial charge in [-0.05, 0) is 19.4 Å². The molecule has 1 aromatic carbocycles. The molecule has 1 atom stereocenters. The Morgan fingerprint density at radius 3 is 2.43 bits per heavy atom. The lowest BCUT2D eigenvalue weighted by molar-refractivity contribution is -0.137. The van der Waals surface area contributed by atoms with Crippen molar-refractivity contribution in [3.8, 4) is 11.4 Å². The highest BCUT2D eigenvalue weighted by molar-refractivity contribution is 5.88. The normalized spacial score (nSPS) is 18.7. The number of aryl methyl sites for hydroxylation is 1. The Labute approximate surface area is 206 Å². The largest absolute Gasteiger partial charge is 0.417 e. The van der Waals surface area contributed by atoms with Crippen LogP contribution < -0.4 is 4.90 Å². The van der Waals surface area contributed by atoms with Crippen molar-refractivity contribution < 1.29 is 22.7 Å². The zero-order valence-corrected chi connectivity index (χ0v) is 20.2. The van der Waals surface area contributed by atoms with Gasteiger partial charge in [-0.15, -0.1) is 12.4 Å². The molecule has 1 amide bonds. The number of hydrogen-bond acceptors (Lipinski definition) is 6. The van der Waals surface area contributed by atoms with Gasteiger partial charge in [0, 0.05) is 45.3 Å². The summed E-state index contributed by atoms with van der Waals surface area (Å²) in [5.74, 6) is 1.31. The predicted molar refractivity (Wildman–Crippen MR) is 127 cm³/mol. The van der Waals surface area contributed by atoms with E-state index in [-0.39, 0.29) is 35.7 Å². The number of fused-ring (bicyclic) bond motifs is 1. The number of halogens is 4. The number of nitrogens with zero attached hydrogens (tertiary/aromatic N) is 6. The average Bonchev–Trinajstić information content (AvgIpc) is 3.45. The molecule has 2 aliphatic rings. The molecule has 2 fully saturated rings. The SMILES string of the molecule is CC(=O)N1CCN(c2nc(C)nc3c2nc(-c2ccccc2C(F)(F)F)n3[C@@H]2CCOC2)CC1.Cl. The van der Waals surface area contributed by atoms with Gasteiger partial charge in [0.05, 0.1) is 18.2 Å². The molecule has 2 aliphatic heterocycles. The van der Waals surface area contributed by atoms with Crippen LogP contribution in [0.3, 0.4) is 0 Å². The fraction of sp³-hybridized carbons (Fsp3) is 0.478. The highest BCUT2D eigenvalue weighted by Gasteiger charge is 2.36. The third kappa shape index (κ3) is 4.66. The van der Waals surface area contributed by atoms with Crippen LogP contribution in [0.1, 0.15) is 30.8 Å². The average molecular weight is 511 g/mol. The number of anilines is 1. The molecule has 0 aliphatic carbocycles. The lowest BCUT2D eigenvalue weighted by Gasteiger charge is -2.35. The Balaban J connectivity index is 0.00000289. The molecule has 0 radical (unpaired) electrons. The number of ether oxygens (including phenoxy) is 1. The van der Waals surface area contributed by atoms with E-state index in [1.807, 2.05) is 4.90 Å². The van der Waals surface area contributed by atoms with Crippen molar-refractivity contribution in [2.24, 2.45) is 0 Å². The van der Waals surface area contributed by atoms with Gasteiger partial charge in [-0.25, -0.2) is 15.0 Å². The summed E-state index contributed by atoms with van der Waals surface area (Å²) in [5.41, 5.74) is 0.219. The van der Waals surface area contributed by atoms with Gasteiger partial charge in [-0.2, -0.15) is 13.2 Å². The minimum absolute atomic E-state index is 0. The van der Waals surface area contributed by atoms with Crippen LogP contribution in [0.2, 0.25) is 0 Å². The van der Waals surface area contributed by atoms with Crippen LogP contribution in [-0.4, -0.2) is 69.7 Å². The van der Waals surface area contributed by atoms with Crippen LogP contribution in [0.25, 0.3) is 22.6 Å². The number of amides is 1. The van der Waals surface area contributed by atoms with Crippen LogP contribution in [-0.2, 0) is 15.7 Å². The van der Waals surface area contributed by atoms with E-state index < -0.39 is 11.7 Å². The topological polar surface area (TPSA) is 76.4 Å². The summed E-state index contributed by atoms with van der Waals surface area (Å²) in [6.45, 7) is 6.40. The molecule has 188 valence electrons. The van der Waals surface area contributed by atoms with E-state index in [0.29, 0.717) is 68.6 Å². The summed E-state index contributed by atoms with van der Waals surface area (Å²) < 4.78 is 49.1.